The highest BCUT2D eigenvalue weighted by molar-refractivity contribution is 9.10. The minimum absolute atomic E-state index is 0.102. The van der Waals surface area contributed by atoms with Crippen molar-refractivity contribution in [2.75, 3.05) is 0 Å². The van der Waals surface area contributed by atoms with E-state index in [1.807, 2.05) is 44.2 Å². The molecule has 5 heteroatoms. The molecule has 0 atom stereocenters. The van der Waals surface area contributed by atoms with Crippen molar-refractivity contribution in [2.45, 2.75) is 19.9 Å². The van der Waals surface area contributed by atoms with E-state index in [9.17, 15) is 4.79 Å². The van der Waals surface area contributed by atoms with Crippen molar-refractivity contribution in [3.8, 4) is 0 Å². The molecule has 3 aromatic rings. The molecule has 0 aliphatic rings. The number of rotatable bonds is 3. The zero-order valence-corrected chi connectivity index (χ0v) is 13.3. The fourth-order valence-corrected chi connectivity index (χ4v) is 2.81. The molecule has 2 heterocycles. The highest BCUT2D eigenvalue weighted by Crippen LogP contribution is 2.25. The molecule has 0 bridgehead atoms. The number of aromatic nitrogens is 3. The summed E-state index contributed by atoms with van der Waals surface area (Å²) < 4.78 is 2.41. The number of hydrogen-bond acceptors (Lipinski definition) is 3. The molecule has 106 valence electrons. The van der Waals surface area contributed by atoms with E-state index < -0.39 is 0 Å². The number of nitrogens with zero attached hydrogens (tertiary/aromatic N) is 3. The summed E-state index contributed by atoms with van der Waals surface area (Å²) in [6.07, 6.45) is 3.32. The summed E-state index contributed by atoms with van der Waals surface area (Å²) in [4.78, 5) is 17.2. The standard InChI is InChI=1S/C16H14BrN3O/c1-10(2)20-15(13(17)9-19-20)16(21)14-12-6-4-3-5-11(12)7-8-18-14/h3-10H,1-2H3. The van der Waals surface area contributed by atoms with E-state index in [1.54, 1.807) is 17.1 Å². The molecular formula is C16H14BrN3O. The van der Waals surface area contributed by atoms with Crippen LogP contribution in [-0.2, 0) is 0 Å². The van der Waals surface area contributed by atoms with Crippen LogP contribution in [0.5, 0.6) is 0 Å². The van der Waals surface area contributed by atoms with Crippen LogP contribution in [0.4, 0.5) is 0 Å². The van der Waals surface area contributed by atoms with Crippen LogP contribution < -0.4 is 0 Å². The minimum atomic E-state index is -0.120. The molecule has 21 heavy (non-hydrogen) atoms. The predicted molar refractivity (Wildman–Crippen MR) is 85.5 cm³/mol. The van der Waals surface area contributed by atoms with E-state index in [1.165, 1.54) is 0 Å². The van der Waals surface area contributed by atoms with Gasteiger partial charge < -0.3 is 0 Å². The van der Waals surface area contributed by atoms with E-state index in [2.05, 4.69) is 26.0 Å². The second-order valence-corrected chi connectivity index (χ2v) is 5.94. The van der Waals surface area contributed by atoms with Gasteiger partial charge in [0.1, 0.15) is 11.4 Å². The first-order valence-electron chi connectivity index (χ1n) is 6.71. The summed E-state index contributed by atoms with van der Waals surface area (Å²) in [5, 5.41) is 6.12. The number of halogens is 1. The summed E-state index contributed by atoms with van der Waals surface area (Å²) in [5.74, 6) is -0.120. The number of hydrogen-bond donors (Lipinski definition) is 0. The van der Waals surface area contributed by atoms with Gasteiger partial charge in [0.2, 0.25) is 5.78 Å². The Labute approximate surface area is 130 Å². The van der Waals surface area contributed by atoms with Gasteiger partial charge in [-0.3, -0.25) is 14.5 Å². The van der Waals surface area contributed by atoms with Gasteiger partial charge in [-0.2, -0.15) is 5.10 Å². The normalized spacial score (nSPS) is 11.2. The molecule has 4 nitrogen and oxygen atoms in total. The first-order valence-corrected chi connectivity index (χ1v) is 7.50. The van der Waals surface area contributed by atoms with Crippen molar-refractivity contribution in [3.63, 3.8) is 0 Å². The summed E-state index contributed by atoms with van der Waals surface area (Å²) in [6.45, 7) is 3.99. The maximum Gasteiger partial charge on any atom is 0.231 e. The van der Waals surface area contributed by atoms with Gasteiger partial charge in [-0.15, -0.1) is 0 Å². The van der Waals surface area contributed by atoms with E-state index >= 15 is 0 Å². The highest BCUT2D eigenvalue weighted by Gasteiger charge is 2.22. The van der Waals surface area contributed by atoms with Crippen LogP contribution in [-0.4, -0.2) is 20.5 Å². The van der Waals surface area contributed by atoms with Gasteiger partial charge in [0, 0.05) is 17.6 Å². The predicted octanol–water partition coefficient (Wildman–Crippen LogP) is 4.01. The summed E-state index contributed by atoms with van der Waals surface area (Å²) in [6, 6.07) is 9.76. The van der Waals surface area contributed by atoms with Gasteiger partial charge in [-0.05, 0) is 41.2 Å². The van der Waals surface area contributed by atoms with Gasteiger partial charge in [-0.1, -0.05) is 24.3 Å². The van der Waals surface area contributed by atoms with Crippen LogP contribution in [0.25, 0.3) is 10.8 Å². The monoisotopic (exact) mass is 343 g/mol. The Balaban J connectivity index is 2.20. The molecule has 0 spiro atoms. The molecule has 0 aliphatic carbocycles. The average Bonchev–Trinajstić information content (AvgIpc) is 2.88. The summed E-state index contributed by atoms with van der Waals surface area (Å²) in [5.41, 5.74) is 0.991. The molecule has 0 saturated carbocycles. The second kappa shape index (κ2) is 5.41. The molecule has 2 aromatic heterocycles. The molecular weight excluding hydrogens is 330 g/mol. The fraction of sp³-hybridized carbons (Fsp3) is 0.188. The Kier molecular flexibility index (Phi) is 3.59. The number of benzene rings is 1. The number of fused-ring (bicyclic) bond motifs is 1. The highest BCUT2D eigenvalue weighted by atomic mass is 79.9. The molecule has 0 N–H and O–H groups in total. The number of pyridine rings is 1. The quantitative estimate of drug-likeness (QED) is 0.675. The molecule has 0 unspecified atom stereocenters. The lowest BCUT2D eigenvalue weighted by atomic mass is 10.1. The summed E-state index contributed by atoms with van der Waals surface area (Å²) >= 11 is 3.42. The van der Waals surface area contributed by atoms with E-state index in [-0.39, 0.29) is 11.8 Å². The topological polar surface area (TPSA) is 47.8 Å². The molecule has 0 fully saturated rings. The molecule has 0 radical (unpaired) electrons. The van der Waals surface area contributed by atoms with Crippen molar-refractivity contribution in [2.24, 2.45) is 0 Å². The van der Waals surface area contributed by atoms with Gasteiger partial charge in [-0.25, -0.2) is 0 Å². The van der Waals surface area contributed by atoms with Crippen molar-refractivity contribution in [1.29, 1.82) is 0 Å². The van der Waals surface area contributed by atoms with E-state index in [0.29, 0.717) is 15.9 Å². The fourth-order valence-electron chi connectivity index (χ4n) is 2.36. The van der Waals surface area contributed by atoms with E-state index in [4.69, 9.17) is 0 Å². The largest absolute Gasteiger partial charge is 0.285 e. The second-order valence-electron chi connectivity index (χ2n) is 5.09. The van der Waals surface area contributed by atoms with Crippen molar-refractivity contribution < 1.29 is 4.79 Å². The van der Waals surface area contributed by atoms with Crippen LogP contribution in [0.3, 0.4) is 0 Å². The van der Waals surface area contributed by atoms with Crippen molar-refractivity contribution >= 4 is 32.5 Å². The SMILES string of the molecule is CC(C)n1ncc(Br)c1C(=O)c1nccc2ccccc12. The molecule has 0 aliphatic heterocycles. The van der Waals surface area contributed by atoms with Crippen LogP contribution in [0.15, 0.2) is 47.2 Å². The van der Waals surface area contributed by atoms with Gasteiger partial charge in [0.05, 0.1) is 10.7 Å². The maximum atomic E-state index is 12.9. The Morgan fingerprint density at radius 3 is 2.76 bits per heavy atom. The Hall–Kier alpha value is -2.01. The third kappa shape index (κ3) is 2.38. The van der Waals surface area contributed by atoms with Crippen molar-refractivity contribution in [3.05, 3.63) is 58.6 Å². The summed E-state index contributed by atoms with van der Waals surface area (Å²) in [7, 11) is 0. The number of carbonyl (C=O) groups is 1. The average molecular weight is 344 g/mol. The molecule has 1 aromatic carbocycles. The van der Waals surface area contributed by atoms with Gasteiger partial charge >= 0.3 is 0 Å². The van der Waals surface area contributed by atoms with Crippen LogP contribution in [0.1, 0.15) is 36.1 Å². The maximum absolute atomic E-state index is 12.9. The van der Waals surface area contributed by atoms with Crippen LogP contribution in [0.2, 0.25) is 0 Å². The Morgan fingerprint density at radius 1 is 1.24 bits per heavy atom. The molecule has 0 amide bonds. The lowest BCUT2D eigenvalue weighted by molar-refractivity contribution is 0.102. The Morgan fingerprint density at radius 2 is 2.00 bits per heavy atom. The minimum Gasteiger partial charge on any atom is -0.285 e. The zero-order valence-electron chi connectivity index (χ0n) is 11.7. The van der Waals surface area contributed by atoms with Crippen LogP contribution >= 0.6 is 15.9 Å². The third-order valence-electron chi connectivity index (χ3n) is 3.34. The number of ketones is 1. The molecule has 0 saturated heterocycles. The Bertz CT molecular complexity index is 818. The molecule has 3 rings (SSSR count). The lowest BCUT2D eigenvalue weighted by Crippen LogP contribution is -2.15. The third-order valence-corrected chi connectivity index (χ3v) is 3.92. The van der Waals surface area contributed by atoms with E-state index in [0.717, 1.165) is 10.8 Å². The zero-order chi connectivity index (χ0) is 15.0. The first kappa shape index (κ1) is 13.9. The smallest absolute Gasteiger partial charge is 0.231 e. The number of carbonyl (C=O) groups excluding carboxylic acids is 1. The van der Waals surface area contributed by atoms with Gasteiger partial charge in [0.15, 0.2) is 0 Å². The van der Waals surface area contributed by atoms with Gasteiger partial charge in [0.25, 0.3) is 0 Å². The first-order chi connectivity index (χ1) is 10.1. The van der Waals surface area contributed by atoms with Crippen LogP contribution in [0, 0.1) is 0 Å². The lowest BCUT2D eigenvalue weighted by Gasteiger charge is -2.11. The van der Waals surface area contributed by atoms with Crippen molar-refractivity contribution in [1.82, 2.24) is 14.8 Å².